The molecule has 2 aromatic carbocycles. The summed E-state index contributed by atoms with van der Waals surface area (Å²) in [5, 5.41) is 9.42. The molecular formula is C26H36Cl2FN5O3. The normalized spacial score (nSPS) is 12.1. The second kappa shape index (κ2) is 14.9. The van der Waals surface area contributed by atoms with Crippen LogP contribution < -0.4 is 15.5 Å². The van der Waals surface area contributed by atoms with Gasteiger partial charge in [-0.05, 0) is 67.4 Å². The molecule has 0 unspecified atom stereocenters. The number of halogens is 3. The Morgan fingerprint density at radius 3 is 2.35 bits per heavy atom. The van der Waals surface area contributed by atoms with Gasteiger partial charge in [0.2, 0.25) is 5.91 Å². The summed E-state index contributed by atoms with van der Waals surface area (Å²) < 4.78 is 13.6. The van der Waals surface area contributed by atoms with Crippen LogP contribution in [-0.2, 0) is 22.7 Å². The van der Waals surface area contributed by atoms with Gasteiger partial charge in [-0.2, -0.15) is 0 Å². The van der Waals surface area contributed by atoms with E-state index >= 15 is 0 Å². The molecule has 1 aliphatic heterocycles. The van der Waals surface area contributed by atoms with E-state index in [-0.39, 0.29) is 61.3 Å². The average Bonchev–Trinajstić information content (AvgIpc) is 3.24. The summed E-state index contributed by atoms with van der Waals surface area (Å²) in [6.07, 6.45) is 0. The quantitative estimate of drug-likeness (QED) is 0.327. The monoisotopic (exact) mass is 555 g/mol. The molecule has 2 aromatic rings. The number of carbonyl (C=O) groups is 3. The van der Waals surface area contributed by atoms with Crippen LogP contribution in [0.3, 0.4) is 0 Å². The standard InChI is InChI=1S/C26H34FN5O3.2ClH/c1-5-28-10-11-29-25(34)16-31(24-9-7-20(19(3)33)12-18(24)2)17-26(35)30(4)32-14-21-6-8-23(27)13-22(21)15-32;;/h6-9,12-13,28H,5,10-11,14-17H2,1-4H3,(H,29,34);2*1H. The molecule has 1 heterocycles. The Hall–Kier alpha value is -2.72. The topological polar surface area (TPSA) is 85.0 Å². The van der Waals surface area contributed by atoms with Crippen LogP contribution in [0.1, 0.15) is 40.9 Å². The Morgan fingerprint density at radius 1 is 1.00 bits per heavy atom. The van der Waals surface area contributed by atoms with Gasteiger partial charge >= 0.3 is 0 Å². The largest absolute Gasteiger partial charge is 0.353 e. The van der Waals surface area contributed by atoms with E-state index in [4.69, 9.17) is 0 Å². The molecular weight excluding hydrogens is 520 g/mol. The van der Waals surface area contributed by atoms with Crippen LogP contribution in [0.4, 0.5) is 10.1 Å². The molecule has 0 fully saturated rings. The lowest BCUT2D eigenvalue weighted by Gasteiger charge is -2.32. The van der Waals surface area contributed by atoms with Crippen LogP contribution in [0.15, 0.2) is 36.4 Å². The predicted molar refractivity (Wildman–Crippen MR) is 148 cm³/mol. The number of nitrogens with one attached hydrogen (secondary N) is 2. The van der Waals surface area contributed by atoms with E-state index in [9.17, 15) is 18.8 Å². The Morgan fingerprint density at radius 2 is 1.70 bits per heavy atom. The second-order valence-electron chi connectivity index (χ2n) is 8.77. The molecule has 2 N–H and O–H groups in total. The van der Waals surface area contributed by atoms with Crippen molar-refractivity contribution in [3.8, 4) is 0 Å². The van der Waals surface area contributed by atoms with Crippen molar-refractivity contribution in [3.63, 3.8) is 0 Å². The third-order valence-electron chi connectivity index (χ3n) is 6.14. The van der Waals surface area contributed by atoms with Gasteiger partial charge in [0.1, 0.15) is 5.82 Å². The Balaban J connectivity index is 0.00000342. The number of hydrogen-bond acceptors (Lipinski definition) is 6. The smallest absolute Gasteiger partial charge is 0.256 e. The summed E-state index contributed by atoms with van der Waals surface area (Å²) in [6.45, 7) is 8.23. The summed E-state index contributed by atoms with van der Waals surface area (Å²) in [5.41, 5.74) is 3.94. The summed E-state index contributed by atoms with van der Waals surface area (Å²) in [5.74, 6) is -0.741. The third kappa shape index (κ3) is 8.67. The van der Waals surface area contributed by atoms with E-state index in [0.717, 1.165) is 23.2 Å². The highest BCUT2D eigenvalue weighted by molar-refractivity contribution is 5.95. The number of aryl methyl sites for hydroxylation is 1. The summed E-state index contributed by atoms with van der Waals surface area (Å²) in [6, 6.07) is 9.92. The number of likely N-dealkylation sites (N-methyl/N-ethyl adjacent to an activating group) is 2. The van der Waals surface area contributed by atoms with Crippen LogP contribution in [0.25, 0.3) is 0 Å². The number of anilines is 1. The van der Waals surface area contributed by atoms with Crippen LogP contribution in [-0.4, -0.2) is 67.4 Å². The number of nitrogens with zero attached hydrogens (tertiary/aromatic N) is 3. The van der Waals surface area contributed by atoms with Crippen molar-refractivity contribution < 1.29 is 18.8 Å². The minimum absolute atomic E-state index is 0. The van der Waals surface area contributed by atoms with E-state index in [1.165, 1.54) is 24.1 Å². The van der Waals surface area contributed by atoms with Crippen molar-refractivity contribution >= 4 is 48.1 Å². The number of rotatable bonds is 11. The first-order valence-corrected chi connectivity index (χ1v) is 11.8. The molecule has 0 saturated heterocycles. The van der Waals surface area contributed by atoms with Gasteiger partial charge < -0.3 is 15.5 Å². The molecule has 11 heteroatoms. The van der Waals surface area contributed by atoms with E-state index in [0.29, 0.717) is 37.4 Å². The third-order valence-corrected chi connectivity index (χ3v) is 6.14. The second-order valence-corrected chi connectivity index (χ2v) is 8.77. The number of hydrogen-bond donors (Lipinski definition) is 2. The van der Waals surface area contributed by atoms with Gasteiger partial charge in [-0.15, -0.1) is 24.8 Å². The predicted octanol–water partition coefficient (Wildman–Crippen LogP) is 3.10. The van der Waals surface area contributed by atoms with Crippen LogP contribution in [0.5, 0.6) is 0 Å². The molecule has 0 spiro atoms. The van der Waals surface area contributed by atoms with Gasteiger partial charge in [0.05, 0.1) is 13.1 Å². The lowest BCUT2D eigenvalue weighted by atomic mass is 10.1. The van der Waals surface area contributed by atoms with Gasteiger partial charge in [-0.1, -0.05) is 13.0 Å². The van der Waals surface area contributed by atoms with Crippen molar-refractivity contribution in [1.82, 2.24) is 20.7 Å². The van der Waals surface area contributed by atoms with Crippen LogP contribution in [0, 0.1) is 12.7 Å². The molecule has 0 saturated carbocycles. The number of hydrazine groups is 1. The fourth-order valence-corrected chi connectivity index (χ4v) is 4.13. The fraction of sp³-hybridized carbons (Fsp3) is 0.423. The number of Topliss-reactive ketones (excluding diaryl/α,β-unsaturated/α-hetero) is 1. The van der Waals surface area contributed by atoms with Gasteiger partial charge in [0.25, 0.3) is 5.91 Å². The average molecular weight is 557 g/mol. The first-order chi connectivity index (χ1) is 16.7. The SMILES string of the molecule is CCNCCNC(=O)CN(CC(=O)N(C)N1Cc2ccc(F)cc2C1)c1ccc(C(C)=O)cc1C.Cl.Cl. The fourth-order valence-electron chi connectivity index (χ4n) is 4.13. The highest BCUT2D eigenvalue weighted by Crippen LogP contribution is 2.25. The van der Waals surface area contributed by atoms with Crippen LogP contribution in [0.2, 0.25) is 0 Å². The van der Waals surface area contributed by atoms with Gasteiger partial charge in [0.15, 0.2) is 5.78 Å². The molecule has 1 aliphatic rings. The highest BCUT2D eigenvalue weighted by Gasteiger charge is 2.27. The Kier molecular flexibility index (Phi) is 13.0. The van der Waals surface area contributed by atoms with Crippen molar-refractivity contribution in [2.45, 2.75) is 33.9 Å². The molecule has 204 valence electrons. The Bertz CT molecular complexity index is 1100. The first-order valence-electron chi connectivity index (χ1n) is 11.8. The molecule has 0 aliphatic carbocycles. The van der Waals surface area contributed by atoms with E-state index < -0.39 is 0 Å². The van der Waals surface area contributed by atoms with Gasteiger partial charge in [0, 0.05) is 44.5 Å². The number of amides is 2. The molecule has 0 radical (unpaired) electrons. The van der Waals surface area contributed by atoms with E-state index in [2.05, 4.69) is 10.6 Å². The zero-order valence-corrected chi connectivity index (χ0v) is 23.3. The van der Waals surface area contributed by atoms with Gasteiger partial charge in [-0.3, -0.25) is 19.4 Å². The lowest BCUT2D eigenvalue weighted by molar-refractivity contribution is -0.145. The van der Waals surface area contributed by atoms with Crippen molar-refractivity contribution in [2.75, 3.05) is 44.7 Å². The van der Waals surface area contributed by atoms with Crippen molar-refractivity contribution in [1.29, 1.82) is 0 Å². The minimum atomic E-state index is -0.296. The van der Waals surface area contributed by atoms with Crippen molar-refractivity contribution in [3.05, 3.63) is 64.5 Å². The maximum Gasteiger partial charge on any atom is 0.256 e. The first kappa shape index (κ1) is 32.3. The van der Waals surface area contributed by atoms with Gasteiger partial charge in [-0.25, -0.2) is 9.40 Å². The van der Waals surface area contributed by atoms with Crippen molar-refractivity contribution in [2.24, 2.45) is 0 Å². The maximum atomic E-state index is 13.6. The van der Waals surface area contributed by atoms with E-state index in [1.54, 1.807) is 36.2 Å². The lowest BCUT2D eigenvalue weighted by Crippen LogP contribution is -2.48. The number of fused-ring (bicyclic) bond motifs is 1. The zero-order chi connectivity index (χ0) is 25.5. The zero-order valence-electron chi connectivity index (χ0n) is 21.7. The maximum absolute atomic E-state index is 13.6. The molecule has 2 amide bonds. The molecule has 0 bridgehead atoms. The molecule has 8 nitrogen and oxygen atoms in total. The number of ketones is 1. The minimum Gasteiger partial charge on any atom is -0.353 e. The summed E-state index contributed by atoms with van der Waals surface area (Å²) in [7, 11) is 1.69. The van der Waals surface area contributed by atoms with E-state index in [1.807, 2.05) is 18.9 Å². The molecule has 0 atom stereocenters. The summed E-state index contributed by atoms with van der Waals surface area (Å²) in [4.78, 5) is 39.4. The Labute approximate surface area is 230 Å². The summed E-state index contributed by atoms with van der Waals surface area (Å²) >= 11 is 0. The number of carbonyl (C=O) groups excluding carboxylic acids is 3. The molecule has 3 rings (SSSR count). The molecule has 37 heavy (non-hydrogen) atoms. The molecule has 0 aromatic heterocycles. The highest BCUT2D eigenvalue weighted by atomic mass is 35.5. The number of benzene rings is 2. The van der Waals surface area contributed by atoms with Crippen LogP contribution >= 0.6 is 24.8 Å².